The van der Waals surface area contributed by atoms with Crippen LogP contribution in [0.3, 0.4) is 0 Å². The number of nitrogens with zero attached hydrogens (tertiary/aromatic N) is 2. The summed E-state index contributed by atoms with van der Waals surface area (Å²) >= 11 is 7.38. The van der Waals surface area contributed by atoms with Crippen molar-refractivity contribution >= 4 is 44.8 Å². The smallest absolute Gasteiger partial charge is 0.135 e. The molecule has 96 valence electrons. The highest BCUT2D eigenvalue weighted by Crippen LogP contribution is 2.28. The molecule has 0 radical (unpaired) electrons. The molecule has 0 atom stereocenters. The van der Waals surface area contributed by atoms with Crippen molar-refractivity contribution < 1.29 is 0 Å². The van der Waals surface area contributed by atoms with Crippen LogP contribution >= 0.6 is 22.9 Å². The lowest BCUT2D eigenvalue weighted by atomic mass is 10.1. The first-order valence-electron chi connectivity index (χ1n) is 5.99. The molecule has 0 bridgehead atoms. The molecule has 0 aliphatic rings. The normalized spacial score (nSPS) is 11.5. The maximum atomic E-state index is 9.34. The summed E-state index contributed by atoms with van der Waals surface area (Å²) in [5, 5.41) is 10.8. The van der Waals surface area contributed by atoms with Crippen molar-refractivity contribution in [3.05, 3.63) is 64.1 Å². The number of rotatable bonds is 2. The number of hydrogen-bond acceptors (Lipinski definition) is 3. The van der Waals surface area contributed by atoms with Gasteiger partial charge in [-0.05, 0) is 35.9 Å². The fraction of sp³-hybridized carbons (Fsp3) is 0. The van der Waals surface area contributed by atoms with Gasteiger partial charge in [0.1, 0.15) is 11.1 Å². The van der Waals surface area contributed by atoms with Crippen molar-refractivity contribution in [3.8, 4) is 6.07 Å². The van der Waals surface area contributed by atoms with Crippen LogP contribution in [0, 0.1) is 11.3 Å². The fourth-order valence-corrected chi connectivity index (χ4v) is 2.91. The Morgan fingerprint density at radius 1 is 1.15 bits per heavy atom. The number of aromatic nitrogens is 1. The van der Waals surface area contributed by atoms with E-state index in [1.54, 1.807) is 12.1 Å². The molecule has 0 aliphatic heterocycles. The molecule has 20 heavy (non-hydrogen) atoms. The minimum Gasteiger partial charge on any atom is -0.235 e. The van der Waals surface area contributed by atoms with Crippen LogP contribution in [0.2, 0.25) is 5.02 Å². The third-order valence-corrected chi connectivity index (χ3v) is 4.15. The van der Waals surface area contributed by atoms with Crippen LogP contribution in [0.15, 0.2) is 48.5 Å². The van der Waals surface area contributed by atoms with Crippen LogP contribution in [-0.2, 0) is 0 Å². The number of halogens is 1. The predicted octanol–water partition coefficient (Wildman–Crippen LogP) is 5.01. The SMILES string of the molecule is N#CC(=Cc1ccc(Cl)cc1)c1nc2ccccc2s1. The van der Waals surface area contributed by atoms with Crippen molar-refractivity contribution in [1.82, 2.24) is 4.98 Å². The lowest BCUT2D eigenvalue weighted by Gasteiger charge is -1.95. The summed E-state index contributed by atoms with van der Waals surface area (Å²) in [6, 6.07) is 17.5. The topological polar surface area (TPSA) is 36.7 Å². The zero-order valence-electron chi connectivity index (χ0n) is 10.4. The van der Waals surface area contributed by atoms with Crippen molar-refractivity contribution in [3.63, 3.8) is 0 Å². The second kappa shape index (κ2) is 5.46. The van der Waals surface area contributed by atoms with Crippen molar-refractivity contribution in [2.45, 2.75) is 0 Å². The molecule has 4 heteroatoms. The summed E-state index contributed by atoms with van der Waals surface area (Å²) < 4.78 is 1.08. The van der Waals surface area contributed by atoms with E-state index < -0.39 is 0 Å². The van der Waals surface area contributed by atoms with Gasteiger partial charge in [0, 0.05) is 5.02 Å². The standard InChI is InChI=1S/C16H9ClN2S/c17-13-7-5-11(6-8-13)9-12(10-18)16-19-14-3-1-2-4-15(14)20-16/h1-9H. The second-order valence-electron chi connectivity index (χ2n) is 4.21. The molecule has 0 saturated heterocycles. The van der Waals surface area contributed by atoms with Crippen LogP contribution in [0.1, 0.15) is 10.6 Å². The van der Waals surface area contributed by atoms with Crippen LogP contribution in [0.4, 0.5) is 0 Å². The molecule has 0 N–H and O–H groups in total. The van der Waals surface area contributed by atoms with Crippen molar-refractivity contribution in [2.75, 3.05) is 0 Å². The summed E-state index contributed by atoms with van der Waals surface area (Å²) in [7, 11) is 0. The van der Waals surface area contributed by atoms with E-state index in [2.05, 4.69) is 11.1 Å². The zero-order chi connectivity index (χ0) is 13.9. The third kappa shape index (κ3) is 2.57. The Morgan fingerprint density at radius 3 is 2.60 bits per heavy atom. The molecule has 0 fully saturated rings. The Kier molecular flexibility index (Phi) is 3.51. The second-order valence-corrected chi connectivity index (χ2v) is 5.68. The molecule has 2 aromatic carbocycles. The lowest BCUT2D eigenvalue weighted by molar-refractivity contribution is 1.44. The van der Waals surface area contributed by atoms with Gasteiger partial charge in [-0.2, -0.15) is 5.26 Å². The van der Waals surface area contributed by atoms with Crippen molar-refractivity contribution in [2.24, 2.45) is 0 Å². The number of para-hydroxylation sites is 1. The van der Waals surface area contributed by atoms with Gasteiger partial charge >= 0.3 is 0 Å². The van der Waals surface area contributed by atoms with Crippen LogP contribution < -0.4 is 0 Å². The molecule has 1 aromatic heterocycles. The van der Waals surface area contributed by atoms with Gasteiger partial charge in [0.05, 0.1) is 15.8 Å². The highest BCUT2D eigenvalue weighted by atomic mass is 35.5. The Morgan fingerprint density at radius 2 is 1.90 bits per heavy atom. The molecule has 1 heterocycles. The van der Waals surface area contributed by atoms with Crippen LogP contribution in [0.25, 0.3) is 21.9 Å². The number of thiazole rings is 1. The first kappa shape index (κ1) is 12.9. The summed E-state index contributed by atoms with van der Waals surface area (Å²) in [4.78, 5) is 4.50. The highest BCUT2D eigenvalue weighted by molar-refractivity contribution is 7.19. The van der Waals surface area contributed by atoms with Gasteiger partial charge in [-0.25, -0.2) is 4.98 Å². The van der Waals surface area contributed by atoms with Gasteiger partial charge in [0.2, 0.25) is 0 Å². The molecule has 3 rings (SSSR count). The molecular formula is C16H9ClN2S. The number of allylic oxidation sites excluding steroid dienone is 1. The molecule has 0 saturated carbocycles. The number of hydrogen-bond donors (Lipinski definition) is 0. The predicted molar refractivity (Wildman–Crippen MR) is 84.6 cm³/mol. The van der Waals surface area contributed by atoms with Gasteiger partial charge in [0.15, 0.2) is 0 Å². The van der Waals surface area contributed by atoms with E-state index in [-0.39, 0.29) is 0 Å². The Balaban J connectivity index is 2.05. The van der Waals surface area contributed by atoms with E-state index >= 15 is 0 Å². The average molecular weight is 297 g/mol. The van der Waals surface area contributed by atoms with Crippen LogP contribution in [0.5, 0.6) is 0 Å². The Hall–Kier alpha value is -2.15. The summed E-state index contributed by atoms with van der Waals surface area (Å²) in [6.07, 6.45) is 1.83. The van der Waals surface area contributed by atoms with Gasteiger partial charge in [-0.3, -0.25) is 0 Å². The van der Waals surface area contributed by atoms with Crippen molar-refractivity contribution in [1.29, 1.82) is 5.26 Å². The maximum Gasteiger partial charge on any atom is 0.135 e. The van der Waals surface area contributed by atoms with E-state index in [1.165, 1.54) is 11.3 Å². The number of benzene rings is 2. The summed E-state index contributed by atoms with van der Waals surface area (Å²) in [5.41, 5.74) is 2.42. The van der Waals surface area contributed by atoms with Crippen LogP contribution in [-0.4, -0.2) is 4.98 Å². The Bertz CT molecular complexity index is 793. The van der Waals surface area contributed by atoms with E-state index in [0.717, 1.165) is 20.8 Å². The number of nitriles is 1. The maximum absolute atomic E-state index is 9.34. The Labute approximate surface area is 125 Å². The average Bonchev–Trinajstić information content (AvgIpc) is 2.90. The molecule has 0 unspecified atom stereocenters. The molecule has 0 spiro atoms. The van der Waals surface area contributed by atoms with Gasteiger partial charge in [-0.15, -0.1) is 11.3 Å². The fourth-order valence-electron chi connectivity index (χ4n) is 1.85. The first-order valence-corrected chi connectivity index (χ1v) is 7.19. The lowest BCUT2D eigenvalue weighted by Crippen LogP contribution is -1.80. The van der Waals surface area contributed by atoms with Gasteiger partial charge < -0.3 is 0 Å². The third-order valence-electron chi connectivity index (χ3n) is 2.83. The molecule has 2 nitrogen and oxygen atoms in total. The molecule has 0 aliphatic carbocycles. The highest BCUT2D eigenvalue weighted by Gasteiger charge is 2.08. The molecule has 3 aromatic rings. The number of fused-ring (bicyclic) bond motifs is 1. The largest absolute Gasteiger partial charge is 0.235 e. The first-order chi connectivity index (χ1) is 9.76. The van der Waals surface area contributed by atoms with Gasteiger partial charge in [0.25, 0.3) is 0 Å². The van der Waals surface area contributed by atoms with Gasteiger partial charge in [-0.1, -0.05) is 35.9 Å². The summed E-state index contributed by atoms with van der Waals surface area (Å²) in [5.74, 6) is 0. The zero-order valence-corrected chi connectivity index (χ0v) is 11.9. The van der Waals surface area contributed by atoms with E-state index in [0.29, 0.717) is 10.6 Å². The molecular weight excluding hydrogens is 288 g/mol. The minimum absolute atomic E-state index is 0.563. The summed E-state index contributed by atoms with van der Waals surface area (Å²) in [6.45, 7) is 0. The quantitative estimate of drug-likeness (QED) is 0.623. The van der Waals surface area contributed by atoms with E-state index in [1.807, 2.05) is 42.5 Å². The van der Waals surface area contributed by atoms with E-state index in [4.69, 9.17) is 11.6 Å². The van der Waals surface area contributed by atoms with E-state index in [9.17, 15) is 5.26 Å². The monoisotopic (exact) mass is 296 g/mol. The minimum atomic E-state index is 0.563. The molecule has 0 amide bonds.